The summed E-state index contributed by atoms with van der Waals surface area (Å²) < 4.78 is 13.7. The lowest BCUT2D eigenvalue weighted by atomic mass is 10.3. The predicted molar refractivity (Wildman–Crippen MR) is 108 cm³/mol. The summed E-state index contributed by atoms with van der Waals surface area (Å²) in [6.45, 7) is 3.00. The van der Waals surface area contributed by atoms with Crippen molar-refractivity contribution in [3.8, 4) is 5.75 Å². The highest BCUT2D eigenvalue weighted by Crippen LogP contribution is 2.27. The number of hydrogen-bond donors (Lipinski definition) is 0. The summed E-state index contributed by atoms with van der Waals surface area (Å²) in [4.78, 5) is 24.6. The number of ether oxygens (including phenoxy) is 1. The Kier molecular flexibility index (Phi) is 6.32. The predicted octanol–water partition coefficient (Wildman–Crippen LogP) is 4.02. The number of halogens is 1. The maximum Gasteiger partial charge on any atom is 0.310 e. The molecule has 9 nitrogen and oxygen atoms in total. The molecule has 29 heavy (non-hydrogen) atoms. The summed E-state index contributed by atoms with van der Waals surface area (Å²) in [5.74, 6) is 0.367. The van der Waals surface area contributed by atoms with E-state index in [2.05, 4.69) is 21.0 Å². The fourth-order valence-corrected chi connectivity index (χ4v) is 3.08. The Morgan fingerprint density at radius 2 is 2.10 bits per heavy atom. The summed E-state index contributed by atoms with van der Waals surface area (Å²) in [5.41, 5.74) is 0.612. The first-order chi connectivity index (χ1) is 13.9. The van der Waals surface area contributed by atoms with Gasteiger partial charge in [0.05, 0.1) is 21.6 Å². The Labute approximate surface area is 175 Å². The van der Waals surface area contributed by atoms with E-state index in [1.54, 1.807) is 36.0 Å². The van der Waals surface area contributed by atoms with Gasteiger partial charge in [-0.3, -0.25) is 19.6 Å². The lowest BCUT2D eigenvalue weighted by molar-refractivity contribution is -0.386. The van der Waals surface area contributed by atoms with Gasteiger partial charge in [0.15, 0.2) is 11.5 Å². The van der Waals surface area contributed by atoms with Crippen LogP contribution >= 0.6 is 15.9 Å². The van der Waals surface area contributed by atoms with Crippen LogP contribution in [0.15, 0.2) is 51.5 Å². The monoisotopic (exact) mass is 462 g/mol. The zero-order valence-electron chi connectivity index (χ0n) is 15.9. The maximum atomic E-state index is 12.6. The third kappa shape index (κ3) is 4.83. The quantitative estimate of drug-likeness (QED) is 0.369. The molecule has 0 fully saturated rings. The molecule has 0 saturated carbocycles. The Morgan fingerprint density at radius 1 is 1.34 bits per heavy atom. The topological polar surface area (TPSA) is 104 Å². The van der Waals surface area contributed by atoms with Gasteiger partial charge in [-0.05, 0) is 41.1 Å². The molecule has 0 spiro atoms. The highest BCUT2D eigenvalue weighted by atomic mass is 79.9. The first-order valence-electron chi connectivity index (χ1n) is 8.81. The molecule has 2 heterocycles. The van der Waals surface area contributed by atoms with Gasteiger partial charge < -0.3 is 14.1 Å². The zero-order valence-corrected chi connectivity index (χ0v) is 17.5. The molecule has 0 atom stereocenters. The second kappa shape index (κ2) is 8.91. The SMILES string of the molecule is CCn1cc(Br)c(CN(C)C(=O)c2ccc(COc3ccccc3[N+](=O)[O-])o2)n1. The van der Waals surface area contributed by atoms with Crippen molar-refractivity contribution in [1.82, 2.24) is 14.7 Å². The number of aromatic nitrogens is 2. The van der Waals surface area contributed by atoms with E-state index < -0.39 is 4.92 Å². The van der Waals surface area contributed by atoms with E-state index in [-0.39, 0.29) is 29.7 Å². The average molecular weight is 463 g/mol. The number of aryl methyl sites for hydroxylation is 1. The van der Waals surface area contributed by atoms with Crippen LogP contribution < -0.4 is 4.74 Å². The Balaban J connectivity index is 1.64. The molecule has 0 N–H and O–H groups in total. The van der Waals surface area contributed by atoms with Crippen molar-refractivity contribution in [2.45, 2.75) is 26.6 Å². The Morgan fingerprint density at radius 3 is 2.79 bits per heavy atom. The molecule has 152 valence electrons. The van der Waals surface area contributed by atoms with Crippen LogP contribution in [0.5, 0.6) is 5.75 Å². The third-order valence-electron chi connectivity index (χ3n) is 4.15. The van der Waals surface area contributed by atoms with Crippen LogP contribution in [0.3, 0.4) is 0 Å². The minimum Gasteiger partial charge on any atom is -0.479 e. The van der Waals surface area contributed by atoms with Gasteiger partial charge in [0.25, 0.3) is 5.91 Å². The van der Waals surface area contributed by atoms with E-state index in [1.807, 2.05) is 13.1 Å². The van der Waals surface area contributed by atoms with Crippen LogP contribution in [0.2, 0.25) is 0 Å². The smallest absolute Gasteiger partial charge is 0.310 e. The molecule has 0 aliphatic carbocycles. The molecule has 3 rings (SSSR count). The standard InChI is InChI=1S/C19H19BrN4O5/c1-3-23-10-14(20)15(21-23)11-22(2)19(25)18-9-8-13(29-18)12-28-17-7-5-4-6-16(17)24(26)27/h4-10H,3,11-12H2,1-2H3. The van der Waals surface area contributed by atoms with Crippen molar-refractivity contribution in [3.05, 3.63) is 74.4 Å². The number of rotatable bonds is 8. The molecular weight excluding hydrogens is 444 g/mol. The largest absolute Gasteiger partial charge is 0.479 e. The van der Waals surface area contributed by atoms with Crippen LogP contribution in [-0.4, -0.2) is 32.6 Å². The van der Waals surface area contributed by atoms with E-state index in [1.165, 1.54) is 17.0 Å². The van der Waals surface area contributed by atoms with Gasteiger partial charge in [0.1, 0.15) is 12.4 Å². The van der Waals surface area contributed by atoms with Gasteiger partial charge >= 0.3 is 5.69 Å². The number of carbonyl (C=O) groups excluding carboxylic acids is 1. The zero-order chi connectivity index (χ0) is 21.0. The van der Waals surface area contributed by atoms with Crippen LogP contribution in [0.1, 0.15) is 28.9 Å². The number of amides is 1. The van der Waals surface area contributed by atoms with Crippen LogP contribution in [0.25, 0.3) is 0 Å². The van der Waals surface area contributed by atoms with Crippen LogP contribution in [0, 0.1) is 10.1 Å². The molecule has 0 saturated heterocycles. The minimum absolute atomic E-state index is 0.0334. The first-order valence-corrected chi connectivity index (χ1v) is 9.60. The maximum absolute atomic E-state index is 12.6. The van der Waals surface area contributed by atoms with E-state index in [9.17, 15) is 14.9 Å². The van der Waals surface area contributed by atoms with Crippen molar-refractivity contribution in [1.29, 1.82) is 0 Å². The van der Waals surface area contributed by atoms with Gasteiger partial charge in [-0.1, -0.05) is 12.1 Å². The number of carbonyl (C=O) groups is 1. The lowest BCUT2D eigenvalue weighted by Gasteiger charge is -2.14. The number of nitro benzene ring substituents is 1. The highest BCUT2D eigenvalue weighted by Gasteiger charge is 2.20. The summed E-state index contributed by atoms with van der Waals surface area (Å²) in [6.07, 6.45) is 1.86. The molecular formula is C19H19BrN4O5. The highest BCUT2D eigenvalue weighted by molar-refractivity contribution is 9.10. The van der Waals surface area contributed by atoms with Crippen molar-refractivity contribution < 1.29 is 18.9 Å². The van der Waals surface area contributed by atoms with Crippen molar-refractivity contribution in [2.75, 3.05) is 7.05 Å². The van der Waals surface area contributed by atoms with E-state index >= 15 is 0 Å². The number of para-hydroxylation sites is 2. The van der Waals surface area contributed by atoms with E-state index in [0.29, 0.717) is 12.3 Å². The number of benzene rings is 1. The summed E-state index contributed by atoms with van der Waals surface area (Å²) in [7, 11) is 1.66. The number of furan rings is 1. The molecule has 3 aromatic rings. The second-order valence-corrected chi connectivity index (χ2v) is 7.07. The molecule has 0 unspecified atom stereocenters. The fourth-order valence-electron chi connectivity index (χ4n) is 2.64. The molecule has 0 bridgehead atoms. The molecule has 0 aliphatic rings. The lowest BCUT2D eigenvalue weighted by Crippen LogP contribution is -2.26. The molecule has 10 heteroatoms. The molecule has 1 amide bonds. The Bertz CT molecular complexity index is 1030. The molecule has 2 aromatic heterocycles. The number of hydrogen-bond acceptors (Lipinski definition) is 6. The van der Waals surface area contributed by atoms with Crippen LogP contribution in [-0.2, 0) is 19.7 Å². The van der Waals surface area contributed by atoms with Gasteiger partial charge in [-0.25, -0.2) is 0 Å². The minimum atomic E-state index is -0.515. The van der Waals surface area contributed by atoms with Crippen molar-refractivity contribution in [3.63, 3.8) is 0 Å². The van der Waals surface area contributed by atoms with Gasteiger partial charge in [-0.15, -0.1) is 0 Å². The summed E-state index contributed by atoms with van der Waals surface area (Å²) in [6, 6.07) is 9.24. The summed E-state index contributed by atoms with van der Waals surface area (Å²) >= 11 is 3.45. The van der Waals surface area contributed by atoms with Gasteiger partial charge in [0.2, 0.25) is 0 Å². The molecule has 0 aliphatic heterocycles. The van der Waals surface area contributed by atoms with Crippen molar-refractivity contribution >= 4 is 27.5 Å². The summed E-state index contributed by atoms with van der Waals surface area (Å²) in [5, 5.41) is 15.4. The third-order valence-corrected chi connectivity index (χ3v) is 4.81. The number of nitro groups is 1. The van der Waals surface area contributed by atoms with Gasteiger partial charge in [-0.2, -0.15) is 5.10 Å². The molecule has 0 radical (unpaired) electrons. The second-order valence-electron chi connectivity index (χ2n) is 6.22. The van der Waals surface area contributed by atoms with Crippen LogP contribution in [0.4, 0.5) is 5.69 Å². The van der Waals surface area contributed by atoms with Crippen molar-refractivity contribution in [2.24, 2.45) is 0 Å². The Hall–Kier alpha value is -3.14. The fraction of sp³-hybridized carbons (Fsp3) is 0.263. The average Bonchev–Trinajstić information content (AvgIpc) is 3.32. The van der Waals surface area contributed by atoms with E-state index in [4.69, 9.17) is 9.15 Å². The normalized spacial score (nSPS) is 10.7. The van der Waals surface area contributed by atoms with E-state index in [0.717, 1.165) is 16.7 Å². The van der Waals surface area contributed by atoms with Gasteiger partial charge in [0, 0.05) is 25.9 Å². The molecule has 1 aromatic carbocycles. The number of nitrogens with zero attached hydrogens (tertiary/aromatic N) is 4. The first kappa shape index (κ1) is 20.6.